The van der Waals surface area contributed by atoms with Gasteiger partial charge in [-0.05, 0) is 23.3 Å². The summed E-state index contributed by atoms with van der Waals surface area (Å²) in [6, 6.07) is 18.0. The normalized spacial score (nSPS) is 9.92. The lowest BCUT2D eigenvalue weighted by molar-refractivity contribution is 0.626. The Morgan fingerprint density at radius 1 is 0.923 bits per heavy atom. The minimum atomic E-state index is -0.338. The van der Waals surface area contributed by atoms with E-state index in [2.05, 4.69) is 12.1 Å². The van der Waals surface area contributed by atoms with Crippen LogP contribution in [0.2, 0.25) is 0 Å². The largest absolute Gasteiger partial charge is 0.206 e. The summed E-state index contributed by atoms with van der Waals surface area (Å²) < 4.78 is 12.8. The molecule has 0 heterocycles. The molecule has 0 aliphatic rings. The van der Waals surface area contributed by atoms with Gasteiger partial charge in [-0.1, -0.05) is 36.4 Å². The van der Waals surface area contributed by atoms with Crippen molar-refractivity contribution in [3.63, 3.8) is 0 Å². The van der Waals surface area contributed by atoms with Crippen LogP contribution < -0.4 is 0 Å². The molecular formula is C12H7F. The first-order valence-electron chi connectivity index (χ1n) is 4.01. The van der Waals surface area contributed by atoms with E-state index in [-0.39, 0.29) is 5.82 Å². The van der Waals surface area contributed by atoms with E-state index in [4.69, 9.17) is 0 Å². The van der Waals surface area contributed by atoms with Crippen molar-refractivity contribution in [1.29, 1.82) is 0 Å². The zero-order valence-electron chi connectivity index (χ0n) is 6.92. The highest BCUT2D eigenvalue weighted by Crippen LogP contribution is 2.17. The molecule has 0 atom stereocenters. The molecule has 0 unspecified atom stereocenters. The maximum atomic E-state index is 12.8. The molecule has 2 radical (unpaired) electrons. The molecule has 2 aromatic rings. The third-order valence-corrected chi connectivity index (χ3v) is 1.76. The average molecular weight is 170 g/mol. The molecular weight excluding hydrogens is 163 g/mol. The minimum Gasteiger partial charge on any atom is -0.206 e. The van der Waals surface area contributed by atoms with Crippen molar-refractivity contribution in [2.45, 2.75) is 0 Å². The number of benzene rings is 2. The van der Waals surface area contributed by atoms with Crippen molar-refractivity contribution in [1.82, 2.24) is 0 Å². The van der Waals surface area contributed by atoms with Crippen LogP contribution in [0, 0.1) is 17.9 Å². The molecule has 13 heavy (non-hydrogen) atoms. The summed E-state index contributed by atoms with van der Waals surface area (Å²) in [4.78, 5) is 0. The number of hydrogen-bond donors (Lipinski definition) is 0. The lowest BCUT2D eigenvalue weighted by atomic mass is 10.1. The zero-order chi connectivity index (χ0) is 9.10. The van der Waals surface area contributed by atoms with Gasteiger partial charge >= 0.3 is 0 Å². The van der Waals surface area contributed by atoms with Crippen molar-refractivity contribution in [2.24, 2.45) is 0 Å². The van der Waals surface area contributed by atoms with Gasteiger partial charge in [0.1, 0.15) is 5.82 Å². The Labute approximate surface area is 76.7 Å². The summed E-state index contributed by atoms with van der Waals surface area (Å²) in [5.41, 5.74) is 1.60. The van der Waals surface area contributed by atoms with E-state index in [0.717, 1.165) is 11.1 Å². The monoisotopic (exact) mass is 170 g/mol. The fraction of sp³-hybridized carbons (Fsp3) is 0. The Hall–Kier alpha value is -1.63. The van der Waals surface area contributed by atoms with Crippen LogP contribution in [-0.4, -0.2) is 0 Å². The fourth-order valence-corrected chi connectivity index (χ4v) is 1.16. The van der Waals surface area contributed by atoms with Gasteiger partial charge in [0.25, 0.3) is 0 Å². The van der Waals surface area contributed by atoms with E-state index in [1.54, 1.807) is 12.1 Å². The molecule has 0 bridgehead atoms. The van der Waals surface area contributed by atoms with Crippen LogP contribution in [0.1, 0.15) is 0 Å². The molecule has 0 N–H and O–H groups in total. The van der Waals surface area contributed by atoms with Gasteiger partial charge in [-0.25, -0.2) is 4.39 Å². The molecule has 0 saturated carbocycles. The van der Waals surface area contributed by atoms with Crippen LogP contribution in [0.15, 0.2) is 42.5 Å². The first-order chi connectivity index (χ1) is 6.36. The van der Waals surface area contributed by atoms with E-state index < -0.39 is 0 Å². The fourth-order valence-electron chi connectivity index (χ4n) is 1.16. The zero-order valence-corrected chi connectivity index (χ0v) is 6.92. The van der Waals surface area contributed by atoms with E-state index in [1.807, 2.05) is 24.3 Å². The topological polar surface area (TPSA) is 0 Å². The predicted octanol–water partition coefficient (Wildman–Crippen LogP) is 3.09. The molecule has 0 amide bonds. The van der Waals surface area contributed by atoms with Gasteiger partial charge in [0.15, 0.2) is 0 Å². The van der Waals surface area contributed by atoms with E-state index in [0.29, 0.717) is 0 Å². The Morgan fingerprint density at radius 3 is 2.46 bits per heavy atom. The maximum absolute atomic E-state index is 12.8. The second-order valence-corrected chi connectivity index (χ2v) is 2.69. The summed E-state index contributed by atoms with van der Waals surface area (Å²) in [7, 11) is 0. The standard InChI is InChI=1S/C12H7F/c13-12-8-4-7-11(9-12)10-5-2-1-3-6-10/h1-5,7-8H. The molecule has 0 aliphatic carbocycles. The highest BCUT2D eigenvalue weighted by atomic mass is 19.1. The Morgan fingerprint density at radius 2 is 1.77 bits per heavy atom. The first-order valence-corrected chi connectivity index (χ1v) is 4.01. The van der Waals surface area contributed by atoms with E-state index in [1.165, 1.54) is 6.07 Å². The van der Waals surface area contributed by atoms with Gasteiger partial charge in [-0.2, -0.15) is 0 Å². The van der Waals surface area contributed by atoms with Crippen molar-refractivity contribution in [3.05, 3.63) is 60.4 Å². The van der Waals surface area contributed by atoms with Crippen molar-refractivity contribution in [2.75, 3.05) is 0 Å². The van der Waals surface area contributed by atoms with Gasteiger partial charge in [-0.15, -0.1) is 0 Å². The summed E-state index contributed by atoms with van der Waals surface area (Å²) >= 11 is 0. The van der Waals surface area contributed by atoms with Crippen LogP contribution in [0.25, 0.3) is 11.1 Å². The Kier molecular flexibility index (Phi) is 2.09. The van der Waals surface area contributed by atoms with Crippen molar-refractivity contribution >= 4 is 0 Å². The Balaban J connectivity index is 2.48. The van der Waals surface area contributed by atoms with Crippen LogP contribution >= 0.6 is 0 Å². The lowest BCUT2D eigenvalue weighted by Gasteiger charge is -1.98. The number of halogens is 1. The molecule has 0 aromatic heterocycles. The first kappa shape index (κ1) is 7.99. The maximum Gasteiger partial charge on any atom is 0.131 e. The van der Waals surface area contributed by atoms with Crippen LogP contribution in [-0.2, 0) is 0 Å². The third-order valence-electron chi connectivity index (χ3n) is 1.76. The van der Waals surface area contributed by atoms with E-state index in [9.17, 15) is 4.39 Å². The highest BCUT2D eigenvalue weighted by Gasteiger charge is 1.97. The summed E-state index contributed by atoms with van der Waals surface area (Å²) in [5.74, 6) is -0.338. The van der Waals surface area contributed by atoms with Gasteiger partial charge in [0.05, 0.1) is 0 Å². The highest BCUT2D eigenvalue weighted by molar-refractivity contribution is 5.61. The predicted molar refractivity (Wildman–Crippen MR) is 49.5 cm³/mol. The SMILES string of the molecule is Fc1[c]c(-c2[c]cccc2)ccc1. The van der Waals surface area contributed by atoms with Crippen molar-refractivity contribution in [3.8, 4) is 11.1 Å². The lowest BCUT2D eigenvalue weighted by Crippen LogP contribution is -1.79. The van der Waals surface area contributed by atoms with Crippen LogP contribution in [0.4, 0.5) is 4.39 Å². The van der Waals surface area contributed by atoms with Crippen LogP contribution in [0.5, 0.6) is 0 Å². The number of hydrogen-bond acceptors (Lipinski definition) is 0. The molecule has 62 valence electrons. The molecule has 2 aromatic carbocycles. The van der Waals surface area contributed by atoms with Gasteiger partial charge in [0.2, 0.25) is 0 Å². The minimum absolute atomic E-state index is 0.338. The average Bonchev–Trinajstić information content (AvgIpc) is 2.19. The molecule has 0 aliphatic heterocycles. The summed E-state index contributed by atoms with van der Waals surface area (Å²) in [5, 5.41) is 0. The number of rotatable bonds is 1. The second kappa shape index (κ2) is 3.40. The quantitative estimate of drug-likeness (QED) is 0.617. The molecule has 0 nitrogen and oxygen atoms in total. The second-order valence-electron chi connectivity index (χ2n) is 2.69. The van der Waals surface area contributed by atoms with Crippen molar-refractivity contribution < 1.29 is 4.39 Å². The molecule has 0 saturated heterocycles. The molecule has 0 spiro atoms. The molecule has 1 heteroatoms. The molecule has 0 fully saturated rings. The van der Waals surface area contributed by atoms with Gasteiger partial charge in [-0.3, -0.25) is 0 Å². The van der Waals surface area contributed by atoms with E-state index >= 15 is 0 Å². The third kappa shape index (κ3) is 1.75. The molecule has 2 rings (SSSR count). The van der Waals surface area contributed by atoms with Gasteiger partial charge < -0.3 is 0 Å². The smallest absolute Gasteiger partial charge is 0.131 e. The van der Waals surface area contributed by atoms with Gasteiger partial charge in [0, 0.05) is 6.07 Å². The summed E-state index contributed by atoms with van der Waals surface area (Å²) in [6.07, 6.45) is 0. The van der Waals surface area contributed by atoms with Crippen LogP contribution in [0.3, 0.4) is 0 Å². The Bertz CT molecular complexity index is 393. The summed E-state index contributed by atoms with van der Waals surface area (Å²) in [6.45, 7) is 0.